The smallest absolute Gasteiger partial charge is 0.183 e. The highest BCUT2D eigenvalue weighted by Gasteiger charge is 2.11. The average molecular weight is 254 g/mol. The molecule has 1 N–H and O–H groups in total. The van der Waals surface area contributed by atoms with E-state index < -0.39 is 0 Å². The molecule has 0 saturated carbocycles. The molecule has 0 aliphatic rings. The van der Waals surface area contributed by atoms with Crippen molar-refractivity contribution < 1.29 is 14.2 Å². The summed E-state index contributed by atoms with van der Waals surface area (Å²) in [4.78, 5) is 4.30. The Hall–Kier alpha value is -1.33. The SMILES string of the molecule is CCOCC(C)NCc1nccc(OC)c1OC. The molecular weight excluding hydrogens is 232 g/mol. The van der Waals surface area contributed by atoms with Crippen LogP contribution in [0.15, 0.2) is 12.3 Å². The molecule has 1 aromatic rings. The fourth-order valence-corrected chi connectivity index (χ4v) is 1.60. The predicted octanol–water partition coefficient (Wildman–Crippen LogP) is 1.61. The molecule has 0 aromatic carbocycles. The molecule has 102 valence electrons. The fourth-order valence-electron chi connectivity index (χ4n) is 1.60. The van der Waals surface area contributed by atoms with Crippen LogP contribution >= 0.6 is 0 Å². The fraction of sp³-hybridized carbons (Fsp3) is 0.615. The van der Waals surface area contributed by atoms with Gasteiger partial charge in [0, 0.05) is 31.5 Å². The van der Waals surface area contributed by atoms with Gasteiger partial charge in [0.25, 0.3) is 0 Å². The maximum Gasteiger partial charge on any atom is 0.183 e. The largest absolute Gasteiger partial charge is 0.493 e. The van der Waals surface area contributed by atoms with E-state index in [1.54, 1.807) is 26.5 Å². The number of rotatable bonds is 8. The minimum atomic E-state index is 0.266. The summed E-state index contributed by atoms with van der Waals surface area (Å²) < 4.78 is 15.9. The Morgan fingerprint density at radius 2 is 2.11 bits per heavy atom. The van der Waals surface area contributed by atoms with Crippen molar-refractivity contribution in [3.63, 3.8) is 0 Å². The van der Waals surface area contributed by atoms with Gasteiger partial charge in [-0.1, -0.05) is 0 Å². The number of ether oxygens (including phenoxy) is 3. The summed E-state index contributed by atoms with van der Waals surface area (Å²) in [5, 5.41) is 3.34. The molecule has 1 aromatic heterocycles. The van der Waals surface area contributed by atoms with Crippen molar-refractivity contribution in [2.45, 2.75) is 26.4 Å². The van der Waals surface area contributed by atoms with Crippen LogP contribution < -0.4 is 14.8 Å². The van der Waals surface area contributed by atoms with Crippen LogP contribution in [0.4, 0.5) is 0 Å². The van der Waals surface area contributed by atoms with Crippen LogP contribution in [-0.4, -0.2) is 38.5 Å². The maximum absolute atomic E-state index is 5.35. The first-order valence-electron chi connectivity index (χ1n) is 6.09. The Balaban J connectivity index is 2.61. The van der Waals surface area contributed by atoms with Gasteiger partial charge in [-0.05, 0) is 13.8 Å². The summed E-state index contributed by atoms with van der Waals surface area (Å²) >= 11 is 0. The molecule has 0 fully saturated rings. The predicted molar refractivity (Wildman–Crippen MR) is 70.1 cm³/mol. The van der Waals surface area contributed by atoms with Gasteiger partial charge < -0.3 is 19.5 Å². The normalized spacial score (nSPS) is 12.2. The molecule has 0 bridgehead atoms. The lowest BCUT2D eigenvalue weighted by molar-refractivity contribution is 0.126. The van der Waals surface area contributed by atoms with Gasteiger partial charge in [0.15, 0.2) is 11.5 Å². The second-order valence-corrected chi connectivity index (χ2v) is 3.93. The van der Waals surface area contributed by atoms with Crippen LogP contribution in [-0.2, 0) is 11.3 Å². The summed E-state index contributed by atoms with van der Waals surface area (Å²) in [7, 11) is 3.24. The van der Waals surface area contributed by atoms with E-state index in [1.807, 2.05) is 6.92 Å². The lowest BCUT2D eigenvalue weighted by Gasteiger charge is -2.15. The number of pyridine rings is 1. The van der Waals surface area contributed by atoms with E-state index in [2.05, 4.69) is 17.2 Å². The third-order valence-corrected chi connectivity index (χ3v) is 2.56. The Morgan fingerprint density at radius 1 is 1.33 bits per heavy atom. The van der Waals surface area contributed by atoms with Gasteiger partial charge in [-0.15, -0.1) is 0 Å². The van der Waals surface area contributed by atoms with E-state index in [4.69, 9.17) is 14.2 Å². The molecule has 1 rings (SSSR count). The van der Waals surface area contributed by atoms with E-state index in [-0.39, 0.29) is 6.04 Å². The number of nitrogens with zero attached hydrogens (tertiary/aromatic N) is 1. The minimum absolute atomic E-state index is 0.266. The third kappa shape index (κ3) is 4.16. The van der Waals surface area contributed by atoms with Gasteiger partial charge in [0.1, 0.15) is 0 Å². The molecule has 0 aliphatic carbocycles. The Morgan fingerprint density at radius 3 is 2.72 bits per heavy atom. The molecule has 0 saturated heterocycles. The van der Waals surface area contributed by atoms with Crippen molar-refractivity contribution in [2.24, 2.45) is 0 Å². The van der Waals surface area contributed by atoms with Crippen LogP contribution in [0.3, 0.4) is 0 Å². The maximum atomic E-state index is 5.35. The highest BCUT2D eigenvalue weighted by molar-refractivity contribution is 5.42. The summed E-state index contributed by atoms with van der Waals surface area (Å²) in [5.41, 5.74) is 0.834. The van der Waals surface area contributed by atoms with Crippen molar-refractivity contribution in [1.29, 1.82) is 0 Å². The van der Waals surface area contributed by atoms with Gasteiger partial charge in [-0.2, -0.15) is 0 Å². The quantitative estimate of drug-likeness (QED) is 0.764. The molecule has 1 atom stereocenters. The summed E-state index contributed by atoms with van der Waals surface area (Å²) in [6.45, 7) is 6.09. The molecule has 1 heterocycles. The first-order chi connectivity index (χ1) is 8.72. The second-order valence-electron chi connectivity index (χ2n) is 3.93. The van der Waals surface area contributed by atoms with Crippen molar-refractivity contribution in [1.82, 2.24) is 10.3 Å². The van der Waals surface area contributed by atoms with Crippen LogP contribution in [0.25, 0.3) is 0 Å². The molecule has 5 nitrogen and oxygen atoms in total. The number of aromatic nitrogens is 1. The van der Waals surface area contributed by atoms with Gasteiger partial charge >= 0.3 is 0 Å². The summed E-state index contributed by atoms with van der Waals surface area (Å²) in [6.07, 6.45) is 1.71. The number of hydrogen-bond donors (Lipinski definition) is 1. The average Bonchev–Trinajstić information content (AvgIpc) is 2.41. The van der Waals surface area contributed by atoms with Crippen molar-refractivity contribution in [3.05, 3.63) is 18.0 Å². The summed E-state index contributed by atoms with van der Waals surface area (Å²) in [5.74, 6) is 1.37. The molecule has 0 radical (unpaired) electrons. The first kappa shape index (κ1) is 14.7. The Labute approximate surface area is 108 Å². The highest BCUT2D eigenvalue weighted by atomic mass is 16.5. The van der Waals surface area contributed by atoms with E-state index in [0.717, 1.165) is 12.3 Å². The monoisotopic (exact) mass is 254 g/mol. The molecular formula is C13H22N2O3. The Bertz CT molecular complexity index is 358. The third-order valence-electron chi connectivity index (χ3n) is 2.56. The van der Waals surface area contributed by atoms with E-state index in [9.17, 15) is 0 Å². The standard InChI is InChI=1S/C13H22N2O3/c1-5-18-9-10(2)15-8-11-13(17-4)12(16-3)6-7-14-11/h6-7,10,15H,5,8-9H2,1-4H3. The van der Waals surface area contributed by atoms with Gasteiger partial charge in [0.05, 0.1) is 26.5 Å². The lowest BCUT2D eigenvalue weighted by atomic mass is 10.2. The highest BCUT2D eigenvalue weighted by Crippen LogP contribution is 2.28. The van der Waals surface area contributed by atoms with E-state index in [1.165, 1.54) is 0 Å². The van der Waals surface area contributed by atoms with Crippen molar-refractivity contribution in [3.8, 4) is 11.5 Å². The van der Waals surface area contributed by atoms with E-state index >= 15 is 0 Å². The lowest BCUT2D eigenvalue weighted by Crippen LogP contribution is -2.30. The van der Waals surface area contributed by atoms with Crippen LogP contribution in [0.5, 0.6) is 11.5 Å². The number of nitrogens with one attached hydrogen (secondary N) is 1. The van der Waals surface area contributed by atoms with Crippen LogP contribution in [0.1, 0.15) is 19.5 Å². The minimum Gasteiger partial charge on any atom is -0.493 e. The van der Waals surface area contributed by atoms with Crippen molar-refractivity contribution >= 4 is 0 Å². The topological polar surface area (TPSA) is 52.6 Å². The molecule has 18 heavy (non-hydrogen) atoms. The molecule has 5 heteroatoms. The van der Waals surface area contributed by atoms with Crippen LogP contribution in [0, 0.1) is 0 Å². The zero-order valence-corrected chi connectivity index (χ0v) is 11.5. The zero-order chi connectivity index (χ0) is 13.4. The molecule has 0 spiro atoms. The number of hydrogen-bond acceptors (Lipinski definition) is 5. The van der Waals surface area contributed by atoms with Gasteiger partial charge in [-0.25, -0.2) is 0 Å². The second kappa shape index (κ2) is 7.89. The molecule has 1 unspecified atom stereocenters. The van der Waals surface area contributed by atoms with E-state index in [0.29, 0.717) is 24.7 Å². The zero-order valence-electron chi connectivity index (χ0n) is 11.5. The summed E-state index contributed by atoms with van der Waals surface area (Å²) in [6, 6.07) is 2.05. The molecule has 0 aliphatic heterocycles. The first-order valence-corrected chi connectivity index (χ1v) is 6.09. The Kier molecular flexibility index (Phi) is 6.46. The van der Waals surface area contributed by atoms with Gasteiger partial charge in [-0.3, -0.25) is 4.98 Å². The number of methoxy groups -OCH3 is 2. The van der Waals surface area contributed by atoms with Crippen molar-refractivity contribution in [2.75, 3.05) is 27.4 Å². The van der Waals surface area contributed by atoms with Crippen LogP contribution in [0.2, 0.25) is 0 Å². The molecule has 0 amide bonds. The van der Waals surface area contributed by atoms with Gasteiger partial charge in [0.2, 0.25) is 0 Å².